The molecule has 2 nitrogen and oxygen atoms in total. The van der Waals surface area contributed by atoms with Crippen LogP contribution in [0.4, 0.5) is 11.4 Å². The smallest absolute Gasteiger partial charge is 0.177 e. The van der Waals surface area contributed by atoms with Crippen molar-refractivity contribution < 1.29 is 0 Å². The Kier molecular flexibility index (Phi) is 4.99. The molecular weight excluding hydrogens is 288 g/mol. The number of hydrogen-bond donors (Lipinski definition) is 1. The zero-order valence-electron chi connectivity index (χ0n) is 11.6. The quantitative estimate of drug-likeness (QED) is 0.814. The Hall–Kier alpha value is -1.58. The van der Waals surface area contributed by atoms with Crippen LogP contribution in [0.15, 0.2) is 48.5 Å². The summed E-state index contributed by atoms with van der Waals surface area (Å²) >= 11 is 11.6. The average molecular weight is 305 g/mol. The van der Waals surface area contributed by atoms with E-state index in [0.29, 0.717) is 5.11 Å². The van der Waals surface area contributed by atoms with E-state index < -0.39 is 0 Å². The van der Waals surface area contributed by atoms with E-state index in [1.165, 1.54) is 0 Å². The molecule has 0 saturated carbocycles. The highest BCUT2D eigenvalue weighted by molar-refractivity contribution is 7.80. The van der Waals surface area contributed by atoms with Crippen molar-refractivity contribution in [3.63, 3.8) is 0 Å². The molecule has 2 aromatic rings. The fourth-order valence-electron chi connectivity index (χ4n) is 1.91. The van der Waals surface area contributed by atoms with Gasteiger partial charge in [0, 0.05) is 22.9 Å². The number of rotatable bonds is 3. The van der Waals surface area contributed by atoms with Crippen molar-refractivity contribution in [3.8, 4) is 0 Å². The minimum atomic E-state index is 0.665. The fourth-order valence-corrected chi connectivity index (χ4v) is 2.45. The second-order valence-electron chi connectivity index (χ2n) is 4.47. The molecule has 0 radical (unpaired) electrons. The molecule has 104 valence electrons. The van der Waals surface area contributed by atoms with Crippen molar-refractivity contribution in [2.45, 2.75) is 13.8 Å². The van der Waals surface area contributed by atoms with Gasteiger partial charge in [-0.1, -0.05) is 35.9 Å². The van der Waals surface area contributed by atoms with E-state index in [1.54, 1.807) is 0 Å². The lowest BCUT2D eigenvalue weighted by atomic mass is 10.2. The van der Waals surface area contributed by atoms with Gasteiger partial charge >= 0.3 is 0 Å². The summed E-state index contributed by atoms with van der Waals surface area (Å²) in [6.07, 6.45) is 0. The molecule has 0 aliphatic heterocycles. The zero-order chi connectivity index (χ0) is 14.5. The van der Waals surface area contributed by atoms with Crippen LogP contribution in [-0.4, -0.2) is 11.7 Å². The maximum absolute atomic E-state index is 6.13. The molecule has 0 atom stereocenters. The molecule has 0 saturated heterocycles. The maximum Gasteiger partial charge on any atom is 0.177 e. The van der Waals surface area contributed by atoms with Gasteiger partial charge in [0.05, 0.1) is 0 Å². The number of nitrogens with zero attached hydrogens (tertiary/aromatic N) is 1. The number of thiocarbonyl (C=S) groups is 1. The third-order valence-corrected chi connectivity index (χ3v) is 3.78. The summed E-state index contributed by atoms with van der Waals surface area (Å²) in [6, 6.07) is 15.9. The molecule has 2 rings (SSSR count). The van der Waals surface area contributed by atoms with Gasteiger partial charge in [0.25, 0.3) is 0 Å². The molecule has 0 fully saturated rings. The second-order valence-corrected chi connectivity index (χ2v) is 5.27. The molecular formula is C16H17ClN2S. The SMILES string of the molecule is CCN(C(=S)Nc1ccc(C)c(Cl)c1)c1ccccc1. The summed E-state index contributed by atoms with van der Waals surface area (Å²) in [5, 5.41) is 4.63. The van der Waals surface area contributed by atoms with Crippen LogP contribution in [-0.2, 0) is 0 Å². The summed E-state index contributed by atoms with van der Waals surface area (Å²) in [6.45, 7) is 4.85. The first kappa shape index (κ1) is 14.8. The molecule has 20 heavy (non-hydrogen) atoms. The summed E-state index contributed by atoms with van der Waals surface area (Å²) in [4.78, 5) is 2.04. The lowest BCUT2D eigenvalue weighted by Gasteiger charge is -2.24. The van der Waals surface area contributed by atoms with Crippen molar-refractivity contribution in [1.29, 1.82) is 0 Å². The third kappa shape index (κ3) is 3.50. The predicted molar refractivity (Wildman–Crippen MR) is 91.9 cm³/mol. The molecule has 0 aromatic heterocycles. The lowest BCUT2D eigenvalue weighted by molar-refractivity contribution is 1.07. The van der Waals surface area contributed by atoms with E-state index >= 15 is 0 Å². The summed E-state index contributed by atoms with van der Waals surface area (Å²) in [5.41, 5.74) is 3.03. The van der Waals surface area contributed by atoms with Crippen LogP contribution in [0.2, 0.25) is 5.02 Å². The number of hydrogen-bond acceptors (Lipinski definition) is 1. The van der Waals surface area contributed by atoms with E-state index in [0.717, 1.165) is 28.5 Å². The number of nitrogens with one attached hydrogen (secondary N) is 1. The second kappa shape index (κ2) is 6.73. The molecule has 4 heteroatoms. The van der Waals surface area contributed by atoms with E-state index in [2.05, 4.69) is 12.2 Å². The van der Waals surface area contributed by atoms with Crippen molar-refractivity contribution >= 4 is 40.3 Å². The molecule has 0 aliphatic rings. The molecule has 0 aliphatic carbocycles. The molecule has 1 N–H and O–H groups in total. The highest BCUT2D eigenvalue weighted by Crippen LogP contribution is 2.21. The minimum Gasteiger partial charge on any atom is -0.332 e. The van der Waals surface area contributed by atoms with E-state index in [1.807, 2.05) is 60.4 Å². The highest BCUT2D eigenvalue weighted by atomic mass is 35.5. The largest absolute Gasteiger partial charge is 0.332 e. The number of benzene rings is 2. The Bertz CT molecular complexity index is 599. The van der Waals surface area contributed by atoms with Gasteiger partial charge in [-0.05, 0) is 55.9 Å². The third-order valence-electron chi connectivity index (χ3n) is 3.05. The van der Waals surface area contributed by atoms with E-state index in [4.69, 9.17) is 23.8 Å². The Labute approximate surface area is 130 Å². The number of para-hydroxylation sites is 1. The molecule has 0 amide bonds. The minimum absolute atomic E-state index is 0.665. The monoisotopic (exact) mass is 304 g/mol. The summed E-state index contributed by atoms with van der Waals surface area (Å²) < 4.78 is 0. The normalized spacial score (nSPS) is 10.2. The Morgan fingerprint density at radius 1 is 1.20 bits per heavy atom. The Balaban J connectivity index is 2.15. The van der Waals surface area contributed by atoms with Gasteiger partial charge in [0.2, 0.25) is 0 Å². The summed E-state index contributed by atoms with van der Waals surface area (Å²) in [5.74, 6) is 0. The predicted octanol–water partition coefficient (Wildman–Crippen LogP) is 4.87. The van der Waals surface area contributed by atoms with Gasteiger partial charge in [0.15, 0.2) is 5.11 Å². The van der Waals surface area contributed by atoms with Gasteiger partial charge in [0.1, 0.15) is 0 Å². The van der Waals surface area contributed by atoms with Gasteiger partial charge in [-0.25, -0.2) is 0 Å². The molecule has 0 heterocycles. The number of halogens is 1. The van der Waals surface area contributed by atoms with Crippen LogP contribution in [0.25, 0.3) is 0 Å². The van der Waals surface area contributed by atoms with Gasteiger partial charge in [-0.2, -0.15) is 0 Å². The van der Waals surface area contributed by atoms with Crippen LogP contribution >= 0.6 is 23.8 Å². The zero-order valence-corrected chi connectivity index (χ0v) is 13.1. The standard InChI is InChI=1S/C16H17ClN2S/c1-3-19(14-7-5-4-6-8-14)16(20)18-13-10-9-12(2)15(17)11-13/h4-11H,3H2,1-2H3,(H,18,20). The first-order valence-electron chi connectivity index (χ1n) is 6.51. The van der Waals surface area contributed by atoms with Crippen molar-refractivity contribution in [3.05, 3.63) is 59.1 Å². The molecule has 0 unspecified atom stereocenters. The van der Waals surface area contributed by atoms with Crippen LogP contribution < -0.4 is 10.2 Å². The average Bonchev–Trinajstić information content (AvgIpc) is 2.45. The van der Waals surface area contributed by atoms with Gasteiger partial charge < -0.3 is 10.2 Å². The van der Waals surface area contributed by atoms with Crippen LogP contribution in [0.1, 0.15) is 12.5 Å². The fraction of sp³-hybridized carbons (Fsp3) is 0.188. The van der Waals surface area contributed by atoms with E-state index in [9.17, 15) is 0 Å². The van der Waals surface area contributed by atoms with E-state index in [-0.39, 0.29) is 0 Å². The molecule has 2 aromatic carbocycles. The highest BCUT2D eigenvalue weighted by Gasteiger charge is 2.10. The van der Waals surface area contributed by atoms with Crippen molar-refractivity contribution in [2.75, 3.05) is 16.8 Å². The Morgan fingerprint density at radius 3 is 2.50 bits per heavy atom. The Morgan fingerprint density at radius 2 is 1.90 bits per heavy atom. The van der Waals surface area contributed by atoms with Crippen LogP contribution in [0.3, 0.4) is 0 Å². The lowest BCUT2D eigenvalue weighted by Crippen LogP contribution is -2.34. The number of anilines is 2. The van der Waals surface area contributed by atoms with Gasteiger partial charge in [-0.3, -0.25) is 0 Å². The molecule has 0 spiro atoms. The van der Waals surface area contributed by atoms with Crippen LogP contribution in [0, 0.1) is 6.92 Å². The topological polar surface area (TPSA) is 15.3 Å². The van der Waals surface area contributed by atoms with Crippen LogP contribution in [0.5, 0.6) is 0 Å². The van der Waals surface area contributed by atoms with Gasteiger partial charge in [-0.15, -0.1) is 0 Å². The first-order chi connectivity index (χ1) is 9.61. The van der Waals surface area contributed by atoms with Crippen molar-refractivity contribution in [1.82, 2.24) is 0 Å². The first-order valence-corrected chi connectivity index (χ1v) is 7.30. The number of aryl methyl sites for hydroxylation is 1. The maximum atomic E-state index is 6.13. The summed E-state index contributed by atoms with van der Waals surface area (Å²) in [7, 11) is 0. The molecule has 0 bridgehead atoms. The van der Waals surface area contributed by atoms with Crippen molar-refractivity contribution in [2.24, 2.45) is 0 Å².